The van der Waals surface area contributed by atoms with Crippen molar-refractivity contribution in [2.24, 2.45) is 0 Å². The van der Waals surface area contributed by atoms with E-state index in [9.17, 15) is 4.57 Å². The van der Waals surface area contributed by atoms with Gasteiger partial charge in [-0.2, -0.15) is 0 Å². The molecule has 3 heteroatoms. The first-order valence-electron chi connectivity index (χ1n) is 2.86. The predicted octanol–water partition coefficient (Wildman–Crippen LogP) is 3.13. The third-order valence-electron chi connectivity index (χ3n) is 1.16. The summed E-state index contributed by atoms with van der Waals surface area (Å²) in [6.45, 7) is 0. The molecule has 0 saturated heterocycles. The van der Waals surface area contributed by atoms with Gasteiger partial charge in [0.15, 0.2) is 8.46 Å². The predicted molar refractivity (Wildman–Crippen MR) is 42.8 cm³/mol. The van der Waals surface area contributed by atoms with Crippen molar-refractivity contribution in [3.63, 3.8) is 0 Å². The summed E-state index contributed by atoms with van der Waals surface area (Å²) >= 11 is 5.63. The number of halogens is 1. The van der Waals surface area contributed by atoms with Crippen LogP contribution in [0.15, 0.2) is 24.3 Å². The van der Waals surface area contributed by atoms with Crippen LogP contribution in [0.25, 0.3) is 0 Å². The van der Waals surface area contributed by atoms with Gasteiger partial charge >= 0.3 is 0 Å². The average molecular weight is 173 g/mol. The lowest BCUT2D eigenvalue weighted by atomic mass is 10.2. The Labute approximate surface area is 66.2 Å². The van der Waals surface area contributed by atoms with Gasteiger partial charge in [0.2, 0.25) is 0 Å². The largest absolute Gasteiger partial charge is 0.275 e. The van der Waals surface area contributed by atoms with Crippen molar-refractivity contribution in [1.82, 2.24) is 0 Å². The molecule has 1 aromatic carbocycles. The second-order valence-electron chi connectivity index (χ2n) is 1.91. The molecule has 0 unspecified atom stereocenters. The van der Waals surface area contributed by atoms with Crippen molar-refractivity contribution in [3.8, 4) is 0 Å². The van der Waals surface area contributed by atoms with E-state index < -0.39 is 0 Å². The molecule has 0 radical (unpaired) electrons. The monoisotopic (exact) mass is 172 g/mol. The lowest BCUT2D eigenvalue weighted by Crippen LogP contribution is -1.73. The third-order valence-corrected chi connectivity index (χ3v) is 1.91. The van der Waals surface area contributed by atoms with E-state index in [0.29, 0.717) is 11.2 Å². The van der Waals surface area contributed by atoms with Crippen LogP contribution in [0.4, 0.5) is 0 Å². The van der Waals surface area contributed by atoms with Crippen LogP contribution in [0.5, 0.6) is 0 Å². The van der Waals surface area contributed by atoms with E-state index in [0.717, 1.165) is 5.56 Å². The summed E-state index contributed by atoms with van der Waals surface area (Å²) in [5.41, 5.74) is 1.04. The van der Waals surface area contributed by atoms with Crippen molar-refractivity contribution < 1.29 is 4.57 Å². The number of benzene rings is 1. The first-order chi connectivity index (χ1) is 4.83. The van der Waals surface area contributed by atoms with Gasteiger partial charge in [-0.05, 0) is 17.7 Å². The van der Waals surface area contributed by atoms with Crippen LogP contribution in [0.1, 0.15) is 5.56 Å². The number of rotatable bonds is 2. The topological polar surface area (TPSA) is 17.1 Å². The number of hydrogen-bond acceptors (Lipinski definition) is 1. The zero-order valence-electron chi connectivity index (χ0n) is 5.25. The van der Waals surface area contributed by atoms with Crippen LogP contribution in [0, 0.1) is 0 Å². The Hall–Kier alpha value is -0.390. The van der Waals surface area contributed by atoms with Crippen molar-refractivity contribution in [2.75, 3.05) is 0 Å². The van der Waals surface area contributed by atoms with Gasteiger partial charge in [-0.15, -0.1) is 0 Å². The fourth-order valence-corrected chi connectivity index (χ4v) is 1.15. The molecule has 0 amide bonds. The fourth-order valence-electron chi connectivity index (χ4n) is 0.664. The molecular weight excluding hydrogens is 167 g/mol. The molecule has 0 aliphatic carbocycles. The maximum Gasteiger partial charge on any atom is 0.160 e. The maximum atomic E-state index is 10.1. The molecule has 0 bridgehead atoms. The molecule has 0 heterocycles. The Morgan fingerprint density at radius 3 is 2.40 bits per heavy atom. The Balaban J connectivity index is 2.78. The van der Waals surface area contributed by atoms with Crippen LogP contribution < -0.4 is 0 Å². The normalized spacial score (nSPS) is 10.1. The third kappa shape index (κ3) is 2.09. The summed E-state index contributed by atoms with van der Waals surface area (Å²) < 4.78 is 10.1. The van der Waals surface area contributed by atoms with E-state index in [1.807, 2.05) is 12.1 Å². The second kappa shape index (κ2) is 3.70. The average Bonchev–Trinajstić information content (AvgIpc) is 1.95. The van der Waals surface area contributed by atoms with Crippen LogP contribution in [-0.4, -0.2) is 0 Å². The minimum Gasteiger partial charge on any atom is -0.275 e. The second-order valence-corrected chi connectivity index (χ2v) is 2.92. The van der Waals surface area contributed by atoms with Crippen LogP contribution in [0.2, 0.25) is 5.02 Å². The highest BCUT2D eigenvalue weighted by molar-refractivity contribution is 7.22. The van der Waals surface area contributed by atoms with E-state index in [1.54, 1.807) is 12.1 Å². The van der Waals surface area contributed by atoms with Crippen molar-refractivity contribution in [2.45, 2.75) is 6.16 Å². The standard InChI is InChI=1S/C7H6ClOP/c8-7-3-1-6(2-4-7)5-10-9/h1-4H,5H2. The summed E-state index contributed by atoms with van der Waals surface area (Å²) in [5.74, 6) is 0. The van der Waals surface area contributed by atoms with Gasteiger partial charge in [0.1, 0.15) is 0 Å². The van der Waals surface area contributed by atoms with Gasteiger partial charge in [0, 0.05) is 5.02 Å². The van der Waals surface area contributed by atoms with Crippen LogP contribution >= 0.6 is 20.1 Å². The van der Waals surface area contributed by atoms with E-state index >= 15 is 0 Å². The molecule has 1 aromatic rings. The smallest absolute Gasteiger partial charge is 0.160 e. The molecule has 0 spiro atoms. The van der Waals surface area contributed by atoms with Gasteiger partial charge in [0.25, 0.3) is 0 Å². The SMILES string of the molecule is O=PCc1ccc(Cl)cc1. The zero-order chi connectivity index (χ0) is 7.40. The minimum atomic E-state index is 0.153. The van der Waals surface area contributed by atoms with E-state index in [2.05, 4.69) is 0 Å². The van der Waals surface area contributed by atoms with Crippen molar-refractivity contribution in [1.29, 1.82) is 0 Å². The molecular formula is C7H6ClOP. The molecule has 1 nitrogen and oxygen atoms in total. The highest BCUT2D eigenvalue weighted by Crippen LogP contribution is 2.13. The Kier molecular flexibility index (Phi) is 2.85. The summed E-state index contributed by atoms with van der Waals surface area (Å²) in [6, 6.07) is 7.32. The molecule has 10 heavy (non-hydrogen) atoms. The first kappa shape index (κ1) is 7.71. The van der Waals surface area contributed by atoms with Gasteiger partial charge < -0.3 is 0 Å². The van der Waals surface area contributed by atoms with Crippen molar-refractivity contribution in [3.05, 3.63) is 34.9 Å². The highest BCUT2D eigenvalue weighted by atomic mass is 35.5. The molecule has 1 rings (SSSR count). The van der Waals surface area contributed by atoms with Crippen molar-refractivity contribution >= 4 is 20.1 Å². The van der Waals surface area contributed by atoms with Gasteiger partial charge in [0.05, 0.1) is 6.16 Å². The summed E-state index contributed by atoms with van der Waals surface area (Å²) in [7, 11) is 0.153. The molecule has 0 aliphatic heterocycles. The zero-order valence-corrected chi connectivity index (χ0v) is 6.90. The highest BCUT2D eigenvalue weighted by Gasteiger charge is 1.90. The summed E-state index contributed by atoms with van der Waals surface area (Å²) in [5, 5.41) is 0.714. The van der Waals surface area contributed by atoms with Gasteiger partial charge in [-0.25, -0.2) is 0 Å². The molecule has 0 saturated carbocycles. The van der Waals surface area contributed by atoms with Crippen LogP contribution in [-0.2, 0) is 10.7 Å². The van der Waals surface area contributed by atoms with Crippen LogP contribution in [0.3, 0.4) is 0 Å². The van der Waals surface area contributed by atoms with E-state index in [-0.39, 0.29) is 8.46 Å². The van der Waals surface area contributed by atoms with E-state index in [4.69, 9.17) is 11.6 Å². The lowest BCUT2D eigenvalue weighted by molar-refractivity contribution is 0.598. The molecule has 0 fully saturated rings. The molecule has 0 aliphatic rings. The minimum absolute atomic E-state index is 0.153. The quantitative estimate of drug-likeness (QED) is 0.627. The molecule has 52 valence electrons. The maximum absolute atomic E-state index is 10.1. The molecule has 0 aromatic heterocycles. The molecule has 0 N–H and O–H groups in total. The molecule has 0 atom stereocenters. The number of hydrogen-bond donors (Lipinski definition) is 0. The Morgan fingerprint density at radius 1 is 1.30 bits per heavy atom. The summed E-state index contributed by atoms with van der Waals surface area (Å²) in [6.07, 6.45) is 0.567. The Bertz CT molecular complexity index is 220. The van der Waals surface area contributed by atoms with E-state index in [1.165, 1.54) is 0 Å². The fraction of sp³-hybridized carbons (Fsp3) is 0.143. The lowest BCUT2D eigenvalue weighted by Gasteiger charge is -1.92. The Morgan fingerprint density at radius 2 is 1.90 bits per heavy atom. The van der Waals surface area contributed by atoms with Gasteiger partial charge in [-0.3, -0.25) is 4.57 Å². The van der Waals surface area contributed by atoms with Gasteiger partial charge in [-0.1, -0.05) is 23.7 Å². The summed E-state index contributed by atoms with van der Waals surface area (Å²) in [4.78, 5) is 0. The first-order valence-corrected chi connectivity index (χ1v) is 4.24.